The Hall–Kier alpha value is -2.10. The number of methoxy groups -OCH3 is 1. The van der Waals surface area contributed by atoms with Gasteiger partial charge in [-0.1, -0.05) is 12.1 Å². The molecule has 1 aromatic heterocycles. The molecule has 0 bridgehead atoms. The summed E-state index contributed by atoms with van der Waals surface area (Å²) in [5.74, 6) is -0.425. The number of esters is 1. The summed E-state index contributed by atoms with van der Waals surface area (Å²) in [4.78, 5) is 11.2. The average molecular weight is 216 g/mol. The highest BCUT2D eigenvalue weighted by Gasteiger charge is 2.09. The lowest BCUT2D eigenvalue weighted by Gasteiger charge is -2.01. The number of carbonyl (C=O) groups is 1. The summed E-state index contributed by atoms with van der Waals surface area (Å²) in [5, 5.41) is 4.13. The van der Waals surface area contributed by atoms with E-state index in [0.29, 0.717) is 5.69 Å². The van der Waals surface area contributed by atoms with Crippen molar-refractivity contribution in [1.29, 1.82) is 0 Å². The second-order valence-electron chi connectivity index (χ2n) is 3.48. The molecule has 0 amide bonds. The zero-order valence-electron chi connectivity index (χ0n) is 9.18. The van der Waals surface area contributed by atoms with Gasteiger partial charge in [0.25, 0.3) is 0 Å². The molecule has 0 radical (unpaired) electrons. The summed E-state index contributed by atoms with van der Waals surface area (Å²) in [6, 6.07) is 9.52. The van der Waals surface area contributed by atoms with E-state index < -0.39 is 5.97 Å². The van der Waals surface area contributed by atoms with E-state index >= 15 is 0 Å². The smallest absolute Gasteiger partial charge is 0.358 e. The van der Waals surface area contributed by atoms with Crippen LogP contribution in [0, 0.1) is 6.92 Å². The minimum absolute atomic E-state index is 0.309. The highest BCUT2D eigenvalue weighted by Crippen LogP contribution is 2.10. The molecule has 16 heavy (non-hydrogen) atoms. The standard InChI is InChI=1S/C12H12N2O2/c1-9-4-3-5-10(8-9)14-7-6-11(13-14)12(15)16-2/h3-8H,1-2H3. The highest BCUT2D eigenvalue weighted by atomic mass is 16.5. The molecule has 0 spiro atoms. The first kappa shape index (κ1) is 10.4. The fraction of sp³-hybridized carbons (Fsp3) is 0.167. The van der Waals surface area contributed by atoms with E-state index in [2.05, 4.69) is 9.84 Å². The minimum Gasteiger partial charge on any atom is -0.464 e. The predicted octanol–water partition coefficient (Wildman–Crippen LogP) is 1.97. The molecule has 2 aromatic rings. The molecule has 0 saturated carbocycles. The molecule has 4 heteroatoms. The van der Waals surface area contributed by atoms with Crippen molar-refractivity contribution < 1.29 is 9.53 Å². The fourth-order valence-corrected chi connectivity index (χ4v) is 1.45. The summed E-state index contributed by atoms with van der Waals surface area (Å²) < 4.78 is 6.25. The lowest BCUT2D eigenvalue weighted by Crippen LogP contribution is -2.04. The number of ether oxygens (including phenoxy) is 1. The molecule has 1 heterocycles. The molecule has 1 aromatic carbocycles. The number of benzene rings is 1. The molecule has 0 N–H and O–H groups in total. The second kappa shape index (κ2) is 4.18. The van der Waals surface area contributed by atoms with Crippen molar-refractivity contribution in [3.05, 3.63) is 47.8 Å². The Bertz CT molecular complexity index is 517. The van der Waals surface area contributed by atoms with Gasteiger partial charge in [0.15, 0.2) is 5.69 Å². The van der Waals surface area contributed by atoms with E-state index in [0.717, 1.165) is 11.3 Å². The Labute approximate surface area is 93.5 Å². The van der Waals surface area contributed by atoms with Crippen molar-refractivity contribution in [2.24, 2.45) is 0 Å². The zero-order chi connectivity index (χ0) is 11.5. The Balaban J connectivity index is 2.35. The van der Waals surface area contributed by atoms with Crippen LogP contribution in [-0.4, -0.2) is 22.9 Å². The van der Waals surface area contributed by atoms with Gasteiger partial charge in [0, 0.05) is 6.20 Å². The summed E-state index contributed by atoms with van der Waals surface area (Å²) in [6.45, 7) is 2.01. The third-order valence-electron chi connectivity index (χ3n) is 2.25. The molecule has 0 aliphatic rings. The summed E-state index contributed by atoms with van der Waals surface area (Å²) in [5.41, 5.74) is 2.38. The van der Waals surface area contributed by atoms with Crippen molar-refractivity contribution in [2.45, 2.75) is 6.92 Å². The van der Waals surface area contributed by atoms with Crippen molar-refractivity contribution >= 4 is 5.97 Å². The summed E-state index contributed by atoms with van der Waals surface area (Å²) >= 11 is 0. The number of aryl methyl sites for hydroxylation is 1. The second-order valence-corrected chi connectivity index (χ2v) is 3.48. The van der Waals surface area contributed by atoms with Gasteiger partial charge in [-0.2, -0.15) is 5.10 Å². The third kappa shape index (κ3) is 1.95. The number of nitrogens with zero attached hydrogens (tertiary/aromatic N) is 2. The van der Waals surface area contributed by atoms with E-state index in [9.17, 15) is 4.79 Å². The molecule has 0 aliphatic carbocycles. The number of aromatic nitrogens is 2. The van der Waals surface area contributed by atoms with Crippen molar-refractivity contribution in [3.8, 4) is 5.69 Å². The third-order valence-corrected chi connectivity index (χ3v) is 2.25. The Morgan fingerprint density at radius 2 is 2.19 bits per heavy atom. The van der Waals surface area contributed by atoms with Gasteiger partial charge in [-0.25, -0.2) is 9.48 Å². The number of hydrogen-bond donors (Lipinski definition) is 0. The van der Waals surface area contributed by atoms with Gasteiger partial charge >= 0.3 is 5.97 Å². The monoisotopic (exact) mass is 216 g/mol. The highest BCUT2D eigenvalue weighted by molar-refractivity contribution is 5.86. The van der Waals surface area contributed by atoms with Gasteiger partial charge < -0.3 is 4.74 Å². The minimum atomic E-state index is -0.425. The van der Waals surface area contributed by atoms with Crippen LogP contribution in [0.3, 0.4) is 0 Å². The molecule has 82 valence electrons. The largest absolute Gasteiger partial charge is 0.464 e. The first-order chi connectivity index (χ1) is 7.70. The maximum atomic E-state index is 11.2. The van der Waals surface area contributed by atoms with Crippen LogP contribution in [0.5, 0.6) is 0 Å². The van der Waals surface area contributed by atoms with Crippen LogP contribution in [0.15, 0.2) is 36.5 Å². The van der Waals surface area contributed by atoms with Crippen LogP contribution >= 0.6 is 0 Å². The molecule has 0 aliphatic heterocycles. The Kier molecular flexibility index (Phi) is 2.72. The predicted molar refractivity (Wildman–Crippen MR) is 59.6 cm³/mol. The quantitative estimate of drug-likeness (QED) is 0.721. The van der Waals surface area contributed by atoms with Crippen LogP contribution in [0.4, 0.5) is 0 Å². The molecule has 0 saturated heterocycles. The van der Waals surface area contributed by atoms with E-state index in [1.807, 2.05) is 31.2 Å². The van der Waals surface area contributed by atoms with Crippen LogP contribution in [0.1, 0.15) is 16.1 Å². The SMILES string of the molecule is COC(=O)c1ccn(-c2cccc(C)c2)n1. The molecule has 4 nitrogen and oxygen atoms in total. The van der Waals surface area contributed by atoms with Gasteiger partial charge in [0.1, 0.15) is 0 Å². The fourth-order valence-electron chi connectivity index (χ4n) is 1.45. The topological polar surface area (TPSA) is 44.1 Å². The van der Waals surface area contributed by atoms with Crippen LogP contribution < -0.4 is 0 Å². The van der Waals surface area contributed by atoms with Crippen LogP contribution in [-0.2, 0) is 4.74 Å². The van der Waals surface area contributed by atoms with Crippen LogP contribution in [0.2, 0.25) is 0 Å². The number of carbonyl (C=O) groups excluding carboxylic acids is 1. The van der Waals surface area contributed by atoms with E-state index in [1.165, 1.54) is 7.11 Å². The van der Waals surface area contributed by atoms with Gasteiger partial charge in [-0.05, 0) is 30.7 Å². The molecule has 2 rings (SSSR count). The van der Waals surface area contributed by atoms with Gasteiger partial charge in [-0.3, -0.25) is 0 Å². The van der Waals surface area contributed by atoms with E-state index in [4.69, 9.17) is 0 Å². The molecule has 0 atom stereocenters. The Morgan fingerprint density at radius 3 is 2.88 bits per heavy atom. The average Bonchev–Trinajstić information content (AvgIpc) is 2.77. The molecular formula is C12H12N2O2. The van der Waals surface area contributed by atoms with E-state index in [1.54, 1.807) is 16.9 Å². The summed E-state index contributed by atoms with van der Waals surface area (Å²) in [6.07, 6.45) is 1.74. The lowest BCUT2D eigenvalue weighted by atomic mass is 10.2. The maximum Gasteiger partial charge on any atom is 0.358 e. The van der Waals surface area contributed by atoms with Crippen LogP contribution in [0.25, 0.3) is 5.69 Å². The maximum absolute atomic E-state index is 11.2. The molecule has 0 fully saturated rings. The van der Waals surface area contributed by atoms with Crippen molar-refractivity contribution in [1.82, 2.24) is 9.78 Å². The van der Waals surface area contributed by atoms with Gasteiger partial charge in [-0.15, -0.1) is 0 Å². The summed E-state index contributed by atoms with van der Waals surface area (Å²) in [7, 11) is 1.34. The van der Waals surface area contributed by atoms with Crippen molar-refractivity contribution in [3.63, 3.8) is 0 Å². The Morgan fingerprint density at radius 1 is 1.38 bits per heavy atom. The first-order valence-electron chi connectivity index (χ1n) is 4.92. The number of hydrogen-bond acceptors (Lipinski definition) is 3. The van der Waals surface area contributed by atoms with E-state index in [-0.39, 0.29) is 0 Å². The number of rotatable bonds is 2. The van der Waals surface area contributed by atoms with Gasteiger partial charge in [0.05, 0.1) is 12.8 Å². The first-order valence-corrected chi connectivity index (χ1v) is 4.92. The van der Waals surface area contributed by atoms with Gasteiger partial charge in [0.2, 0.25) is 0 Å². The lowest BCUT2D eigenvalue weighted by molar-refractivity contribution is 0.0593. The molecular weight excluding hydrogens is 204 g/mol. The zero-order valence-corrected chi connectivity index (χ0v) is 9.18. The normalized spacial score (nSPS) is 10.1. The molecule has 0 unspecified atom stereocenters. The van der Waals surface area contributed by atoms with Crippen molar-refractivity contribution in [2.75, 3.05) is 7.11 Å².